The molecule has 0 amide bonds. The Morgan fingerprint density at radius 1 is 1.45 bits per heavy atom. The standard InChI is InChI=1S/C10H18O/c1-7(2)10-5-9(4)11-6-8(10)3/h7,9H,5-6H2,1-4H3/t9-/m0/s1. The predicted octanol–water partition coefficient (Wildman–Crippen LogP) is 2.77. The van der Waals surface area contributed by atoms with Crippen LogP contribution in [0.25, 0.3) is 0 Å². The molecule has 0 radical (unpaired) electrons. The molecule has 11 heavy (non-hydrogen) atoms. The van der Waals surface area contributed by atoms with Gasteiger partial charge in [0.1, 0.15) is 0 Å². The van der Waals surface area contributed by atoms with Gasteiger partial charge in [-0.05, 0) is 31.8 Å². The Kier molecular flexibility index (Phi) is 2.72. The third kappa shape index (κ3) is 2.06. The monoisotopic (exact) mass is 154 g/mol. The Morgan fingerprint density at radius 3 is 2.55 bits per heavy atom. The van der Waals surface area contributed by atoms with Crippen molar-refractivity contribution >= 4 is 0 Å². The SMILES string of the molecule is CC1=C(C(C)C)C[C@H](C)OC1. The molecular weight excluding hydrogens is 136 g/mol. The van der Waals surface area contributed by atoms with Gasteiger partial charge < -0.3 is 4.74 Å². The summed E-state index contributed by atoms with van der Waals surface area (Å²) in [6.07, 6.45) is 1.56. The molecule has 0 saturated carbocycles. The zero-order valence-electron chi connectivity index (χ0n) is 7.98. The highest BCUT2D eigenvalue weighted by Crippen LogP contribution is 2.25. The van der Waals surface area contributed by atoms with Gasteiger partial charge in [0.2, 0.25) is 0 Å². The molecule has 0 aromatic heterocycles. The molecule has 0 aliphatic carbocycles. The zero-order chi connectivity index (χ0) is 8.43. The normalized spacial score (nSPS) is 26.5. The van der Waals surface area contributed by atoms with Crippen LogP contribution in [-0.2, 0) is 4.74 Å². The van der Waals surface area contributed by atoms with Gasteiger partial charge in [0.25, 0.3) is 0 Å². The first kappa shape index (κ1) is 8.79. The van der Waals surface area contributed by atoms with Gasteiger partial charge >= 0.3 is 0 Å². The average molecular weight is 154 g/mol. The molecule has 0 spiro atoms. The summed E-state index contributed by atoms with van der Waals surface area (Å²) in [7, 11) is 0. The van der Waals surface area contributed by atoms with Crippen molar-refractivity contribution < 1.29 is 4.74 Å². The third-order valence-electron chi connectivity index (χ3n) is 2.34. The zero-order valence-corrected chi connectivity index (χ0v) is 7.98. The van der Waals surface area contributed by atoms with Crippen LogP contribution in [0.15, 0.2) is 11.1 Å². The summed E-state index contributed by atoms with van der Waals surface area (Å²) in [4.78, 5) is 0. The van der Waals surface area contributed by atoms with E-state index in [1.54, 1.807) is 5.57 Å². The fourth-order valence-electron chi connectivity index (χ4n) is 1.63. The second kappa shape index (κ2) is 3.40. The molecule has 1 atom stereocenters. The van der Waals surface area contributed by atoms with Gasteiger partial charge in [-0.1, -0.05) is 19.4 Å². The lowest BCUT2D eigenvalue weighted by Crippen LogP contribution is -2.20. The fourth-order valence-corrected chi connectivity index (χ4v) is 1.63. The number of ether oxygens (including phenoxy) is 1. The Bertz CT molecular complexity index is 168. The van der Waals surface area contributed by atoms with Crippen LogP contribution < -0.4 is 0 Å². The molecule has 1 rings (SSSR count). The molecule has 0 bridgehead atoms. The minimum Gasteiger partial charge on any atom is -0.374 e. The van der Waals surface area contributed by atoms with Crippen molar-refractivity contribution in [3.8, 4) is 0 Å². The van der Waals surface area contributed by atoms with Crippen molar-refractivity contribution in [3.05, 3.63) is 11.1 Å². The van der Waals surface area contributed by atoms with Crippen molar-refractivity contribution in [2.45, 2.75) is 40.2 Å². The highest BCUT2D eigenvalue weighted by atomic mass is 16.5. The number of hydrogen-bond acceptors (Lipinski definition) is 1. The van der Waals surface area contributed by atoms with Crippen molar-refractivity contribution in [3.63, 3.8) is 0 Å². The molecule has 1 heteroatoms. The molecule has 1 nitrogen and oxygen atoms in total. The van der Waals surface area contributed by atoms with Crippen LogP contribution in [0.5, 0.6) is 0 Å². The van der Waals surface area contributed by atoms with Crippen molar-refractivity contribution in [1.29, 1.82) is 0 Å². The minimum atomic E-state index is 0.427. The minimum absolute atomic E-state index is 0.427. The van der Waals surface area contributed by atoms with E-state index < -0.39 is 0 Å². The Labute approximate surface area is 69.4 Å². The molecule has 0 fully saturated rings. The van der Waals surface area contributed by atoms with Crippen LogP contribution in [-0.4, -0.2) is 12.7 Å². The van der Waals surface area contributed by atoms with Gasteiger partial charge in [-0.25, -0.2) is 0 Å². The van der Waals surface area contributed by atoms with Crippen LogP contribution in [0.3, 0.4) is 0 Å². The maximum absolute atomic E-state index is 5.51. The van der Waals surface area contributed by atoms with E-state index in [4.69, 9.17) is 4.74 Å². The van der Waals surface area contributed by atoms with E-state index in [0.29, 0.717) is 12.0 Å². The van der Waals surface area contributed by atoms with E-state index in [-0.39, 0.29) is 0 Å². The molecule has 1 aliphatic rings. The lowest BCUT2D eigenvalue weighted by molar-refractivity contribution is 0.0690. The van der Waals surface area contributed by atoms with Crippen LogP contribution >= 0.6 is 0 Å². The summed E-state index contributed by atoms with van der Waals surface area (Å²) >= 11 is 0. The maximum Gasteiger partial charge on any atom is 0.0680 e. The molecular formula is C10H18O. The Hall–Kier alpha value is -0.300. The second-order valence-electron chi connectivity index (χ2n) is 3.79. The van der Waals surface area contributed by atoms with Gasteiger partial charge in [-0.15, -0.1) is 0 Å². The molecule has 0 aromatic rings. The topological polar surface area (TPSA) is 9.23 Å². The Balaban J connectivity index is 2.71. The molecule has 0 saturated heterocycles. The molecule has 1 aliphatic heterocycles. The van der Waals surface area contributed by atoms with E-state index in [9.17, 15) is 0 Å². The van der Waals surface area contributed by atoms with Crippen LogP contribution in [0.2, 0.25) is 0 Å². The number of rotatable bonds is 1. The smallest absolute Gasteiger partial charge is 0.0680 e. The summed E-state index contributed by atoms with van der Waals surface area (Å²) in [5.74, 6) is 0.696. The van der Waals surface area contributed by atoms with Crippen LogP contribution in [0.1, 0.15) is 34.1 Å². The van der Waals surface area contributed by atoms with E-state index in [1.807, 2.05) is 0 Å². The molecule has 0 aromatic carbocycles. The first-order valence-electron chi connectivity index (χ1n) is 4.41. The predicted molar refractivity (Wildman–Crippen MR) is 47.6 cm³/mol. The highest BCUT2D eigenvalue weighted by molar-refractivity contribution is 5.17. The second-order valence-corrected chi connectivity index (χ2v) is 3.79. The van der Waals surface area contributed by atoms with Crippen molar-refractivity contribution in [1.82, 2.24) is 0 Å². The van der Waals surface area contributed by atoms with E-state index >= 15 is 0 Å². The maximum atomic E-state index is 5.51. The van der Waals surface area contributed by atoms with Gasteiger partial charge in [0.05, 0.1) is 12.7 Å². The fraction of sp³-hybridized carbons (Fsp3) is 0.800. The van der Waals surface area contributed by atoms with Gasteiger partial charge in [-0.2, -0.15) is 0 Å². The van der Waals surface area contributed by atoms with Crippen molar-refractivity contribution in [2.24, 2.45) is 5.92 Å². The van der Waals surface area contributed by atoms with E-state index in [1.165, 1.54) is 5.57 Å². The van der Waals surface area contributed by atoms with Gasteiger partial charge in [-0.3, -0.25) is 0 Å². The molecule has 1 heterocycles. The average Bonchev–Trinajstić information content (AvgIpc) is 1.94. The van der Waals surface area contributed by atoms with E-state index in [2.05, 4.69) is 27.7 Å². The third-order valence-corrected chi connectivity index (χ3v) is 2.34. The summed E-state index contributed by atoms with van der Waals surface area (Å²) in [5.41, 5.74) is 3.04. The highest BCUT2D eigenvalue weighted by Gasteiger charge is 2.17. The lowest BCUT2D eigenvalue weighted by Gasteiger charge is -2.26. The summed E-state index contributed by atoms with van der Waals surface area (Å²) in [6.45, 7) is 9.69. The quantitative estimate of drug-likeness (QED) is 0.528. The Morgan fingerprint density at radius 2 is 2.09 bits per heavy atom. The summed E-state index contributed by atoms with van der Waals surface area (Å²) in [6, 6.07) is 0. The van der Waals surface area contributed by atoms with E-state index in [0.717, 1.165) is 13.0 Å². The molecule has 0 N–H and O–H groups in total. The molecule has 0 unspecified atom stereocenters. The number of hydrogen-bond donors (Lipinski definition) is 0. The van der Waals surface area contributed by atoms with Crippen LogP contribution in [0.4, 0.5) is 0 Å². The first-order chi connectivity index (χ1) is 5.11. The largest absolute Gasteiger partial charge is 0.374 e. The van der Waals surface area contributed by atoms with Gasteiger partial charge in [0, 0.05) is 0 Å². The van der Waals surface area contributed by atoms with Crippen LogP contribution in [0, 0.1) is 5.92 Å². The summed E-state index contributed by atoms with van der Waals surface area (Å²) < 4.78 is 5.51. The lowest BCUT2D eigenvalue weighted by atomic mass is 9.91. The van der Waals surface area contributed by atoms with Gasteiger partial charge in [0.15, 0.2) is 0 Å². The van der Waals surface area contributed by atoms with Crippen molar-refractivity contribution in [2.75, 3.05) is 6.61 Å². The first-order valence-corrected chi connectivity index (χ1v) is 4.41. The summed E-state index contributed by atoms with van der Waals surface area (Å²) in [5, 5.41) is 0. The molecule has 64 valence electrons.